The molecule has 2 N–H and O–H groups in total. The molecular weight excluding hydrogens is 192 g/mol. The molecule has 0 unspecified atom stereocenters. The van der Waals surface area contributed by atoms with Crippen molar-refractivity contribution in [1.82, 2.24) is 0 Å². The van der Waals surface area contributed by atoms with Crippen LogP contribution in [0.4, 0.5) is 0 Å². The van der Waals surface area contributed by atoms with Gasteiger partial charge in [0.15, 0.2) is 0 Å². The Bertz CT molecular complexity index is 160. The molecule has 88 valence electrons. The average Bonchev–Trinajstić information content (AvgIpc) is 2.32. The molecule has 1 saturated carbocycles. The van der Waals surface area contributed by atoms with E-state index in [0.717, 1.165) is 12.8 Å². The van der Waals surface area contributed by atoms with Gasteiger partial charge in [-0.3, -0.25) is 0 Å². The molecular formula is C12H22O3. The van der Waals surface area contributed by atoms with Gasteiger partial charge >= 0.3 is 0 Å². The zero-order valence-corrected chi connectivity index (χ0v) is 9.32. The number of aliphatic hydroxyl groups is 2. The van der Waals surface area contributed by atoms with Gasteiger partial charge in [-0.1, -0.05) is 32.4 Å². The Labute approximate surface area is 92.1 Å². The van der Waals surface area contributed by atoms with Crippen molar-refractivity contribution in [3.8, 4) is 0 Å². The molecule has 0 saturated heterocycles. The van der Waals surface area contributed by atoms with Gasteiger partial charge in [-0.15, -0.1) is 0 Å². The fourth-order valence-electron chi connectivity index (χ4n) is 1.74. The molecule has 1 aliphatic carbocycles. The molecule has 0 aromatic carbocycles. The summed E-state index contributed by atoms with van der Waals surface area (Å²) in [5, 5.41) is 18.0. The molecule has 0 radical (unpaired) electrons. The first-order valence-electron chi connectivity index (χ1n) is 5.33. The normalized spacial score (nSPS) is 18.3. The Morgan fingerprint density at radius 3 is 1.67 bits per heavy atom. The Balaban J connectivity index is 0.000000336. The molecule has 0 aromatic rings. The van der Waals surface area contributed by atoms with Crippen LogP contribution in [-0.2, 0) is 4.74 Å². The number of ether oxygens (including phenoxy) is 1. The minimum atomic E-state index is -0.127. The molecule has 0 amide bonds. The highest BCUT2D eigenvalue weighted by Gasteiger charge is 2.30. The largest absolute Gasteiger partial charge is 0.474 e. The van der Waals surface area contributed by atoms with Crippen LogP contribution in [0.5, 0.6) is 0 Å². The summed E-state index contributed by atoms with van der Waals surface area (Å²) in [6.45, 7) is 6.83. The number of aliphatic hydroxyl groups excluding tert-OH is 2. The van der Waals surface area contributed by atoms with E-state index in [0.29, 0.717) is 0 Å². The third kappa shape index (κ3) is 5.60. The van der Waals surface area contributed by atoms with E-state index < -0.39 is 0 Å². The number of rotatable bonds is 4. The highest BCUT2D eigenvalue weighted by molar-refractivity contribution is 4.81. The molecule has 3 nitrogen and oxygen atoms in total. The van der Waals surface area contributed by atoms with Crippen LogP contribution in [0, 0.1) is 5.41 Å². The van der Waals surface area contributed by atoms with Crippen molar-refractivity contribution in [2.24, 2.45) is 5.41 Å². The summed E-state index contributed by atoms with van der Waals surface area (Å²) in [6.07, 6.45) is 8.23. The van der Waals surface area contributed by atoms with Crippen molar-refractivity contribution >= 4 is 0 Å². The van der Waals surface area contributed by atoms with Gasteiger partial charge in [0, 0.05) is 5.41 Å². The molecule has 15 heavy (non-hydrogen) atoms. The lowest BCUT2D eigenvalue weighted by Crippen LogP contribution is -2.31. The third-order valence-corrected chi connectivity index (χ3v) is 2.78. The van der Waals surface area contributed by atoms with Crippen molar-refractivity contribution in [2.45, 2.75) is 32.1 Å². The summed E-state index contributed by atoms with van der Waals surface area (Å²) in [7, 11) is 0. The second-order valence-corrected chi connectivity index (χ2v) is 3.85. The minimum Gasteiger partial charge on any atom is -0.474 e. The molecule has 3 heteroatoms. The Kier molecular flexibility index (Phi) is 8.05. The molecule has 1 aliphatic rings. The van der Waals surface area contributed by atoms with Crippen LogP contribution in [0.3, 0.4) is 0 Å². The van der Waals surface area contributed by atoms with E-state index in [1.165, 1.54) is 31.8 Å². The van der Waals surface area contributed by atoms with Gasteiger partial charge < -0.3 is 14.9 Å². The first kappa shape index (κ1) is 14.2. The molecule has 0 bridgehead atoms. The second-order valence-electron chi connectivity index (χ2n) is 3.85. The van der Waals surface area contributed by atoms with Crippen LogP contribution >= 0.6 is 0 Å². The van der Waals surface area contributed by atoms with E-state index in [1.54, 1.807) is 0 Å². The molecule has 0 heterocycles. The van der Waals surface area contributed by atoms with Gasteiger partial charge in [-0.25, -0.2) is 0 Å². The van der Waals surface area contributed by atoms with Gasteiger partial charge in [0.25, 0.3) is 0 Å². The van der Waals surface area contributed by atoms with Crippen molar-refractivity contribution in [2.75, 3.05) is 13.2 Å². The van der Waals surface area contributed by atoms with E-state index in [1.807, 2.05) is 0 Å². The van der Waals surface area contributed by atoms with Gasteiger partial charge in [0.05, 0.1) is 25.7 Å². The quantitative estimate of drug-likeness (QED) is 0.705. The van der Waals surface area contributed by atoms with Gasteiger partial charge in [0.1, 0.15) is 0 Å². The summed E-state index contributed by atoms with van der Waals surface area (Å²) in [5.74, 6) is 0. The summed E-state index contributed by atoms with van der Waals surface area (Å²) < 4.78 is 4.36. The maximum absolute atomic E-state index is 8.98. The van der Waals surface area contributed by atoms with Crippen molar-refractivity contribution < 1.29 is 14.9 Å². The summed E-state index contributed by atoms with van der Waals surface area (Å²) in [4.78, 5) is 0. The average molecular weight is 214 g/mol. The molecule has 0 aliphatic heterocycles. The van der Waals surface area contributed by atoms with Crippen LogP contribution in [0.1, 0.15) is 32.1 Å². The van der Waals surface area contributed by atoms with Gasteiger partial charge in [0.2, 0.25) is 0 Å². The predicted octanol–water partition coefficient (Wildman–Crippen LogP) is 2.21. The standard InChI is InChI=1S/C8H16O2.C4H6O/c9-6-8(7-10)4-2-1-3-5-8;1-3-5-4-2/h9-10H,1-7H2;3-4H,1-2H2. The second kappa shape index (κ2) is 8.50. The summed E-state index contributed by atoms with van der Waals surface area (Å²) in [6, 6.07) is 0. The molecule has 0 spiro atoms. The molecule has 1 rings (SSSR count). The lowest BCUT2D eigenvalue weighted by molar-refractivity contribution is 0.0234. The lowest BCUT2D eigenvalue weighted by atomic mass is 9.75. The molecule has 0 atom stereocenters. The Morgan fingerprint density at radius 1 is 1.00 bits per heavy atom. The number of hydrogen-bond donors (Lipinski definition) is 2. The monoisotopic (exact) mass is 214 g/mol. The minimum absolute atomic E-state index is 0.127. The van der Waals surface area contributed by atoms with E-state index >= 15 is 0 Å². The van der Waals surface area contributed by atoms with Crippen LogP contribution in [0.2, 0.25) is 0 Å². The number of hydrogen-bond acceptors (Lipinski definition) is 3. The maximum Gasteiger partial charge on any atom is 0.0829 e. The van der Waals surface area contributed by atoms with Gasteiger partial charge in [-0.05, 0) is 12.8 Å². The Hall–Kier alpha value is -0.800. The fraction of sp³-hybridized carbons (Fsp3) is 0.667. The zero-order chi connectivity index (χ0) is 11.6. The van der Waals surface area contributed by atoms with E-state index in [-0.39, 0.29) is 18.6 Å². The Morgan fingerprint density at radius 2 is 1.47 bits per heavy atom. The SMILES string of the molecule is C=COC=C.OCC1(CO)CCCCC1. The highest BCUT2D eigenvalue weighted by Crippen LogP contribution is 2.34. The summed E-state index contributed by atoms with van der Waals surface area (Å²) in [5.41, 5.74) is -0.127. The van der Waals surface area contributed by atoms with Gasteiger partial charge in [-0.2, -0.15) is 0 Å². The van der Waals surface area contributed by atoms with E-state index in [9.17, 15) is 0 Å². The highest BCUT2D eigenvalue weighted by atomic mass is 16.5. The molecule has 0 aromatic heterocycles. The van der Waals surface area contributed by atoms with Crippen LogP contribution in [0.15, 0.2) is 25.7 Å². The fourth-order valence-corrected chi connectivity index (χ4v) is 1.74. The lowest BCUT2D eigenvalue weighted by Gasteiger charge is -2.33. The smallest absolute Gasteiger partial charge is 0.0829 e. The topological polar surface area (TPSA) is 49.7 Å². The van der Waals surface area contributed by atoms with E-state index in [4.69, 9.17) is 10.2 Å². The van der Waals surface area contributed by atoms with Crippen molar-refractivity contribution in [1.29, 1.82) is 0 Å². The van der Waals surface area contributed by atoms with Crippen LogP contribution in [-0.4, -0.2) is 23.4 Å². The summed E-state index contributed by atoms with van der Waals surface area (Å²) >= 11 is 0. The third-order valence-electron chi connectivity index (χ3n) is 2.78. The van der Waals surface area contributed by atoms with Crippen LogP contribution < -0.4 is 0 Å². The predicted molar refractivity (Wildman–Crippen MR) is 61.2 cm³/mol. The first-order valence-corrected chi connectivity index (χ1v) is 5.33. The van der Waals surface area contributed by atoms with Crippen molar-refractivity contribution in [3.63, 3.8) is 0 Å². The first-order chi connectivity index (χ1) is 7.24. The maximum atomic E-state index is 8.98. The zero-order valence-electron chi connectivity index (χ0n) is 9.32. The van der Waals surface area contributed by atoms with E-state index in [2.05, 4.69) is 17.9 Å². The van der Waals surface area contributed by atoms with Crippen molar-refractivity contribution in [3.05, 3.63) is 25.7 Å². The van der Waals surface area contributed by atoms with Crippen LogP contribution in [0.25, 0.3) is 0 Å². The molecule has 1 fully saturated rings.